The zero-order chi connectivity index (χ0) is 7.73. The van der Waals surface area contributed by atoms with Crippen molar-refractivity contribution in [2.45, 2.75) is 19.8 Å². The molecule has 0 amide bonds. The third-order valence-corrected chi connectivity index (χ3v) is 3.38. The average Bonchev–Trinajstić information content (AvgIpc) is 2.02. The van der Waals surface area contributed by atoms with E-state index in [0.717, 1.165) is 5.92 Å². The zero-order valence-electron chi connectivity index (χ0n) is 7.32. The van der Waals surface area contributed by atoms with Crippen molar-refractivity contribution in [3.63, 3.8) is 0 Å². The van der Waals surface area contributed by atoms with Crippen molar-refractivity contribution in [2.75, 3.05) is 26.2 Å². The van der Waals surface area contributed by atoms with Crippen molar-refractivity contribution in [3.05, 3.63) is 0 Å². The van der Waals surface area contributed by atoms with Crippen LogP contribution < -0.4 is 10.6 Å². The molecular formula is C9H18N2. The Balaban J connectivity index is 1.91. The summed E-state index contributed by atoms with van der Waals surface area (Å²) in [6.45, 7) is 7.40. The third-order valence-electron chi connectivity index (χ3n) is 3.38. The van der Waals surface area contributed by atoms with Crippen molar-refractivity contribution in [2.24, 2.45) is 11.3 Å². The van der Waals surface area contributed by atoms with Gasteiger partial charge < -0.3 is 10.6 Å². The molecule has 2 aliphatic rings. The fourth-order valence-electron chi connectivity index (χ4n) is 2.33. The molecule has 2 aliphatic heterocycles. The number of hydrogen-bond donors (Lipinski definition) is 2. The summed E-state index contributed by atoms with van der Waals surface area (Å²) in [5.74, 6) is 0.977. The first-order valence-electron chi connectivity index (χ1n) is 4.73. The van der Waals surface area contributed by atoms with Crippen LogP contribution in [0.2, 0.25) is 0 Å². The fraction of sp³-hybridized carbons (Fsp3) is 1.00. The van der Waals surface area contributed by atoms with Crippen LogP contribution in [0.4, 0.5) is 0 Å². The topological polar surface area (TPSA) is 24.1 Å². The summed E-state index contributed by atoms with van der Waals surface area (Å²) in [6, 6.07) is 0. The minimum Gasteiger partial charge on any atom is -0.317 e. The second kappa shape index (κ2) is 2.76. The molecule has 2 N–H and O–H groups in total. The molecule has 0 aromatic rings. The van der Waals surface area contributed by atoms with Crippen molar-refractivity contribution in [3.8, 4) is 0 Å². The average molecular weight is 154 g/mol. The Kier molecular flexibility index (Phi) is 1.90. The Labute approximate surface area is 68.7 Å². The van der Waals surface area contributed by atoms with Crippen LogP contribution in [0.5, 0.6) is 0 Å². The third kappa shape index (κ3) is 1.30. The summed E-state index contributed by atoms with van der Waals surface area (Å²) in [4.78, 5) is 0. The van der Waals surface area contributed by atoms with E-state index in [1.54, 1.807) is 0 Å². The fourth-order valence-corrected chi connectivity index (χ4v) is 2.33. The van der Waals surface area contributed by atoms with Crippen LogP contribution in [-0.4, -0.2) is 26.2 Å². The van der Waals surface area contributed by atoms with E-state index in [1.165, 1.54) is 39.0 Å². The van der Waals surface area contributed by atoms with Gasteiger partial charge in [-0.3, -0.25) is 0 Å². The van der Waals surface area contributed by atoms with Gasteiger partial charge in [-0.15, -0.1) is 0 Å². The second-order valence-electron chi connectivity index (χ2n) is 4.28. The SMILES string of the molecule is CC1(C2CCNCC2)CNC1. The highest BCUT2D eigenvalue weighted by molar-refractivity contribution is 4.95. The molecule has 2 saturated heterocycles. The van der Waals surface area contributed by atoms with Crippen molar-refractivity contribution in [1.29, 1.82) is 0 Å². The van der Waals surface area contributed by atoms with Gasteiger partial charge in [0.15, 0.2) is 0 Å². The highest BCUT2D eigenvalue weighted by Gasteiger charge is 2.39. The molecule has 0 atom stereocenters. The van der Waals surface area contributed by atoms with Gasteiger partial charge in [-0.05, 0) is 37.3 Å². The molecule has 0 unspecified atom stereocenters. The molecule has 0 aromatic carbocycles. The first-order chi connectivity index (χ1) is 5.31. The molecule has 0 aliphatic carbocycles. The first kappa shape index (κ1) is 7.56. The van der Waals surface area contributed by atoms with E-state index >= 15 is 0 Å². The van der Waals surface area contributed by atoms with Gasteiger partial charge in [-0.1, -0.05) is 6.92 Å². The molecule has 2 rings (SSSR count). The van der Waals surface area contributed by atoms with Gasteiger partial charge in [0.2, 0.25) is 0 Å². The van der Waals surface area contributed by atoms with E-state index < -0.39 is 0 Å². The quantitative estimate of drug-likeness (QED) is 0.578. The van der Waals surface area contributed by atoms with Gasteiger partial charge in [0.05, 0.1) is 0 Å². The van der Waals surface area contributed by atoms with E-state index in [2.05, 4.69) is 17.6 Å². The van der Waals surface area contributed by atoms with E-state index in [1.807, 2.05) is 0 Å². The Bertz CT molecular complexity index is 134. The van der Waals surface area contributed by atoms with Crippen LogP contribution in [0.25, 0.3) is 0 Å². The summed E-state index contributed by atoms with van der Waals surface area (Å²) >= 11 is 0. The van der Waals surface area contributed by atoms with E-state index in [-0.39, 0.29) is 0 Å². The summed E-state index contributed by atoms with van der Waals surface area (Å²) in [7, 11) is 0. The minimum absolute atomic E-state index is 0.641. The molecule has 0 aromatic heterocycles. The number of nitrogens with one attached hydrogen (secondary N) is 2. The molecule has 2 fully saturated rings. The van der Waals surface area contributed by atoms with Crippen molar-refractivity contribution < 1.29 is 0 Å². The lowest BCUT2D eigenvalue weighted by Gasteiger charge is -2.47. The van der Waals surface area contributed by atoms with Gasteiger partial charge in [0, 0.05) is 13.1 Å². The van der Waals surface area contributed by atoms with E-state index in [0.29, 0.717) is 5.41 Å². The molecule has 0 saturated carbocycles. The van der Waals surface area contributed by atoms with Gasteiger partial charge in [-0.25, -0.2) is 0 Å². The minimum atomic E-state index is 0.641. The summed E-state index contributed by atoms with van der Waals surface area (Å²) in [5.41, 5.74) is 0.641. The van der Waals surface area contributed by atoms with Gasteiger partial charge >= 0.3 is 0 Å². The molecule has 0 spiro atoms. The molecule has 64 valence electrons. The summed E-state index contributed by atoms with van der Waals surface area (Å²) < 4.78 is 0. The Morgan fingerprint density at radius 2 is 1.73 bits per heavy atom. The lowest BCUT2D eigenvalue weighted by molar-refractivity contribution is 0.0773. The van der Waals surface area contributed by atoms with Crippen LogP contribution in [0.3, 0.4) is 0 Å². The molecular weight excluding hydrogens is 136 g/mol. The maximum absolute atomic E-state index is 3.41. The Morgan fingerprint density at radius 1 is 1.09 bits per heavy atom. The molecule has 11 heavy (non-hydrogen) atoms. The van der Waals surface area contributed by atoms with Crippen LogP contribution in [0.15, 0.2) is 0 Å². The van der Waals surface area contributed by atoms with Crippen molar-refractivity contribution in [1.82, 2.24) is 10.6 Å². The number of piperidine rings is 1. The Morgan fingerprint density at radius 3 is 2.18 bits per heavy atom. The predicted octanol–water partition coefficient (Wildman–Crippen LogP) is 0.595. The smallest absolute Gasteiger partial charge is 0.00202 e. The molecule has 0 radical (unpaired) electrons. The predicted molar refractivity (Wildman–Crippen MR) is 46.6 cm³/mol. The van der Waals surface area contributed by atoms with E-state index in [9.17, 15) is 0 Å². The monoisotopic (exact) mass is 154 g/mol. The second-order valence-corrected chi connectivity index (χ2v) is 4.28. The van der Waals surface area contributed by atoms with Crippen LogP contribution in [0, 0.1) is 11.3 Å². The lowest BCUT2D eigenvalue weighted by atomic mass is 9.68. The molecule has 2 heterocycles. The van der Waals surface area contributed by atoms with Crippen LogP contribution in [0.1, 0.15) is 19.8 Å². The van der Waals surface area contributed by atoms with Gasteiger partial charge in [0.25, 0.3) is 0 Å². The highest BCUT2D eigenvalue weighted by Crippen LogP contribution is 2.36. The number of hydrogen-bond acceptors (Lipinski definition) is 2. The normalized spacial score (nSPS) is 31.4. The van der Waals surface area contributed by atoms with Gasteiger partial charge in [-0.2, -0.15) is 0 Å². The van der Waals surface area contributed by atoms with E-state index in [4.69, 9.17) is 0 Å². The highest BCUT2D eigenvalue weighted by atomic mass is 15.0. The lowest BCUT2D eigenvalue weighted by Crippen LogP contribution is -2.57. The number of rotatable bonds is 1. The standard InChI is InChI=1S/C9H18N2/c1-9(6-11-7-9)8-2-4-10-5-3-8/h8,10-11H,2-7H2,1H3. The maximum atomic E-state index is 3.41. The molecule has 2 heteroatoms. The van der Waals surface area contributed by atoms with Gasteiger partial charge in [0.1, 0.15) is 0 Å². The Hall–Kier alpha value is -0.0800. The molecule has 0 bridgehead atoms. The zero-order valence-corrected chi connectivity index (χ0v) is 7.32. The van der Waals surface area contributed by atoms with Crippen LogP contribution in [-0.2, 0) is 0 Å². The molecule has 2 nitrogen and oxygen atoms in total. The van der Waals surface area contributed by atoms with Crippen LogP contribution >= 0.6 is 0 Å². The maximum Gasteiger partial charge on any atom is 0.00202 e. The largest absolute Gasteiger partial charge is 0.317 e. The first-order valence-corrected chi connectivity index (χ1v) is 4.73. The summed E-state index contributed by atoms with van der Waals surface area (Å²) in [6.07, 6.45) is 2.77. The van der Waals surface area contributed by atoms with Crippen molar-refractivity contribution >= 4 is 0 Å². The summed E-state index contributed by atoms with van der Waals surface area (Å²) in [5, 5.41) is 6.79.